The van der Waals surface area contributed by atoms with Gasteiger partial charge in [0, 0.05) is 19.0 Å². The highest BCUT2D eigenvalue weighted by Crippen LogP contribution is 2.06. The van der Waals surface area contributed by atoms with E-state index in [1.807, 2.05) is 18.2 Å². The molecule has 0 aliphatic rings. The number of halogens is 2. The van der Waals surface area contributed by atoms with Crippen molar-refractivity contribution in [2.75, 3.05) is 19.0 Å². The molecule has 1 rings (SSSR count). The molecule has 0 saturated heterocycles. The Morgan fingerprint density at radius 2 is 1.93 bits per heavy atom. The van der Waals surface area contributed by atoms with Gasteiger partial charge in [0.1, 0.15) is 0 Å². The lowest BCUT2D eigenvalue weighted by Crippen LogP contribution is -2.26. The van der Waals surface area contributed by atoms with E-state index < -0.39 is 0 Å². The molecule has 14 heavy (non-hydrogen) atoms. The van der Waals surface area contributed by atoms with Gasteiger partial charge in [-0.15, -0.1) is 23.2 Å². The first-order chi connectivity index (χ1) is 6.83. The van der Waals surface area contributed by atoms with Crippen LogP contribution in [0.3, 0.4) is 0 Å². The summed E-state index contributed by atoms with van der Waals surface area (Å²) in [6, 6.07) is 10.3. The Balaban J connectivity index is 2.23. The van der Waals surface area contributed by atoms with E-state index in [1.165, 1.54) is 5.56 Å². The van der Waals surface area contributed by atoms with Crippen molar-refractivity contribution in [1.82, 2.24) is 5.32 Å². The minimum absolute atomic E-state index is 0.139. The molecule has 0 bridgehead atoms. The van der Waals surface area contributed by atoms with E-state index in [0.717, 1.165) is 19.5 Å². The van der Waals surface area contributed by atoms with Crippen LogP contribution in [0.25, 0.3) is 0 Å². The topological polar surface area (TPSA) is 12.0 Å². The van der Waals surface area contributed by atoms with Crippen molar-refractivity contribution in [2.45, 2.75) is 11.8 Å². The Kier molecular flexibility index (Phi) is 6.00. The zero-order valence-electron chi connectivity index (χ0n) is 8.05. The van der Waals surface area contributed by atoms with Crippen LogP contribution in [0, 0.1) is 0 Å². The first kappa shape index (κ1) is 11.8. The van der Waals surface area contributed by atoms with Crippen LogP contribution in [-0.2, 0) is 6.42 Å². The number of hydrogen-bond acceptors (Lipinski definition) is 1. The summed E-state index contributed by atoms with van der Waals surface area (Å²) in [5, 5.41) is 3.33. The summed E-state index contributed by atoms with van der Waals surface area (Å²) in [5.41, 5.74) is 1.28. The molecular weight excluding hydrogens is 217 g/mol. The van der Waals surface area contributed by atoms with E-state index in [9.17, 15) is 0 Å². The van der Waals surface area contributed by atoms with Crippen LogP contribution < -0.4 is 5.32 Å². The zero-order valence-corrected chi connectivity index (χ0v) is 9.56. The van der Waals surface area contributed by atoms with Gasteiger partial charge < -0.3 is 5.32 Å². The van der Waals surface area contributed by atoms with Gasteiger partial charge in [0.05, 0.1) is 5.38 Å². The molecule has 1 nitrogen and oxygen atoms in total. The molecule has 0 radical (unpaired) electrons. The Morgan fingerprint density at radius 3 is 2.57 bits per heavy atom. The second-order valence-corrected chi connectivity index (χ2v) is 4.18. The van der Waals surface area contributed by atoms with Gasteiger partial charge in [-0.25, -0.2) is 0 Å². The maximum atomic E-state index is 6.15. The molecule has 0 aliphatic carbocycles. The first-order valence-electron chi connectivity index (χ1n) is 4.77. The summed E-state index contributed by atoms with van der Waals surface area (Å²) in [6.07, 6.45) is 0.900. The van der Waals surface area contributed by atoms with Crippen molar-refractivity contribution in [3.63, 3.8) is 0 Å². The summed E-state index contributed by atoms with van der Waals surface area (Å²) in [7, 11) is 0. The molecule has 0 spiro atoms. The van der Waals surface area contributed by atoms with Crippen LogP contribution in [0.1, 0.15) is 5.56 Å². The molecule has 78 valence electrons. The van der Waals surface area contributed by atoms with Crippen LogP contribution in [0.5, 0.6) is 0 Å². The monoisotopic (exact) mass is 231 g/mol. The fourth-order valence-electron chi connectivity index (χ4n) is 1.27. The summed E-state index contributed by atoms with van der Waals surface area (Å²) in [4.78, 5) is 0. The lowest BCUT2D eigenvalue weighted by Gasteiger charge is -2.09. The third-order valence-electron chi connectivity index (χ3n) is 1.94. The highest BCUT2D eigenvalue weighted by atomic mass is 35.5. The molecule has 1 N–H and O–H groups in total. The average Bonchev–Trinajstić information content (AvgIpc) is 2.20. The molecule has 0 saturated carbocycles. The van der Waals surface area contributed by atoms with E-state index in [1.54, 1.807) is 0 Å². The van der Waals surface area contributed by atoms with Gasteiger partial charge in [-0.1, -0.05) is 30.3 Å². The highest BCUT2D eigenvalue weighted by Gasteiger charge is 2.04. The predicted octanol–water partition coefficient (Wildman–Crippen LogP) is 2.66. The van der Waals surface area contributed by atoms with E-state index in [4.69, 9.17) is 23.2 Å². The Hall–Kier alpha value is -0.240. The van der Waals surface area contributed by atoms with Gasteiger partial charge in [0.2, 0.25) is 0 Å². The van der Waals surface area contributed by atoms with Crippen molar-refractivity contribution in [1.29, 1.82) is 0 Å². The highest BCUT2D eigenvalue weighted by molar-refractivity contribution is 6.21. The van der Waals surface area contributed by atoms with E-state index in [0.29, 0.717) is 5.88 Å². The molecule has 0 aromatic heterocycles. The Morgan fingerprint density at radius 1 is 1.21 bits per heavy atom. The van der Waals surface area contributed by atoms with Crippen molar-refractivity contribution in [3.8, 4) is 0 Å². The molecule has 1 aromatic carbocycles. The number of alkyl halides is 2. The first-order valence-corrected chi connectivity index (χ1v) is 5.74. The number of benzene rings is 1. The van der Waals surface area contributed by atoms with Crippen molar-refractivity contribution < 1.29 is 0 Å². The second kappa shape index (κ2) is 7.10. The van der Waals surface area contributed by atoms with Gasteiger partial charge in [-0.2, -0.15) is 0 Å². The average molecular weight is 232 g/mol. The quantitative estimate of drug-likeness (QED) is 0.587. The molecule has 0 heterocycles. The second-order valence-electron chi connectivity index (χ2n) is 3.18. The molecule has 1 aromatic rings. The molecule has 0 aliphatic heterocycles. The maximum absolute atomic E-state index is 6.15. The predicted molar refractivity (Wildman–Crippen MR) is 63.4 cm³/mol. The smallest absolute Gasteiger partial charge is 0.0500 e. The lowest BCUT2D eigenvalue weighted by atomic mass is 10.1. The Labute approximate surface area is 95.4 Å². The minimum Gasteiger partial charge on any atom is -0.314 e. The van der Waals surface area contributed by atoms with Crippen LogP contribution in [0.4, 0.5) is 0 Å². The van der Waals surface area contributed by atoms with Crippen LogP contribution >= 0.6 is 23.2 Å². The van der Waals surface area contributed by atoms with Gasteiger partial charge >= 0.3 is 0 Å². The third kappa shape index (κ3) is 4.85. The molecule has 0 fully saturated rings. The standard InChI is InChI=1S/C11H15Cl2N/c12-6-7-14-9-11(13)8-10-4-2-1-3-5-10/h1-5,11,14H,6-9H2/t11-/m0/s1. The Bertz CT molecular complexity index is 238. The number of rotatable bonds is 6. The minimum atomic E-state index is 0.139. The molecule has 1 atom stereocenters. The normalized spacial score (nSPS) is 12.7. The van der Waals surface area contributed by atoms with E-state index in [2.05, 4.69) is 17.4 Å². The summed E-state index contributed by atoms with van der Waals surface area (Å²) in [5.74, 6) is 0.634. The fourth-order valence-corrected chi connectivity index (χ4v) is 1.69. The molecule has 0 amide bonds. The summed E-state index contributed by atoms with van der Waals surface area (Å²) < 4.78 is 0. The molecule has 0 unspecified atom stereocenters. The fraction of sp³-hybridized carbons (Fsp3) is 0.455. The lowest BCUT2D eigenvalue weighted by molar-refractivity contribution is 0.681. The van der Waals surface area contributed by atoms with Crippen molar-refractivity contribution in [3.05, 3.63) is 35.9 Å². The van der Waals surface area contributed by atoms with E-state index in [-0.39, 0.29) is 5.38 Å². The van der Waals surface area contributed by atoms with Crippen molar-refractivity contribution in [2.24, 2.45) is 0 Å². The van der Waals surface area contributed by atoms with Crippen LogP contribution in [0.2, 0.25) is 0 Å². The summed E-state index contributed by atoms with van der Waals surface area (Å²) in [6.45, 7) is 1.63. The molecular formula is C11H15Cl2N. The summed E-state index contributed by atoms with van der Waals surface area (Å²) >= 11 is 11.7. The van der Waals surface area contributed by atoms with Crippen molar-refractivity contribution >= 4 is 23.2 Å². The van der Waals surface area contributed by atoms with Gasteiger partial charge in [-0.05, 0) is 12.0 Å². The third-order valence-corrected chi connectivity index (χ3v) is 2.43. The van der Waals surface area contributed by atoms with Gasteiger partial charge in [-0.3, -0.25) is 0 Å². The zero-order chi connectivity index (χ0) is 10.2. The number of nitrogens with one attached hydrogen (secondary N) is 1. The van der Waals surface area contributed by atoms with Crippen LogP contribution in [-0.4, -0.2) is 24.3 Å². The van der Waals surface area contributed by atoms with Crippen LogP contribution in [0.15, 0.2) is 30.3 Å². The maximum Gasteiger partial charge on any atom is 0.0500 e. The largest absolute Gasteiger partial charge is 0.314 e. The SMILES string of the molecule is ClCCNC[C@@H](Cl)Cc1ccccc1. The van der Waals surface area contributed by atoms with Gasteiger partial charge in [0.15, 0.2) is 0 Å². The van der Waals surface area contributed by atoms with Gasteiger partial charge in [0.25, 0.3) is 0 Å². The molecule has 3 heteroatoms. The number of hydrogen-bond donors (Lipinski definition) is 1. The van der Waals surface area contributed by atoms with E-state index >= 15 is 0 Å².